The van der Waals surface area contributed by atoms with E-state index in [1.807, 2.05) is 25.7 Å². The molecular weight excluding hydrogens is 188 g/mol. The molecule has 0 saturated carbocycles. The fourth-order valence-corrected chi connectivity index (χ4v) is 2.07. The van der Waals surface area contributed by atoms with Gasteiger partial charge in [0.1, 0.15) is 0 Å². The van der Waals surface area contributed by atoms with Gasteiger partial charge < -0.3 is 5.11 Å². The third-order valence-corrected chi connectivity index (χ3v) is 2.77. The van der Waals surface area contributed by atoms with Gasteiger partial charge in [0.2, 0.25) is 0 Å². The predicted octanol–water partition coefficient (Wildman–Crippen LogP) is 1.88. The number of rotatable bonds is 1. The van der Waals surface area contributed by atoms with Crippen LogP contribution in [-0.2, 0) is 0 Å². The maximum absolute atomic E-state index is 13.1. The molecule has 1 unspecified atom stereocenters. The highest BCUT2D eigenvalue weighted by Gasteiger charge is 2.43. The van der Waals surface area contributed by atoms with Gasteiger partial charge in [-0.25, -0.2) is 8.78 Å². The SMILES string of the molecule is CC(C)(C)N1CCC(F)(F)CC1CO. The molecule has 1 fully saturated rings. The maximum atomic E-state index is 13.1. The number of likely N-dealkylation sites (tertiary alicyclic amines) is 1. The van der Waals surface area contributed by atoms with Gasteiger partial charge >= 0.3 is 0 Å². The van der Waals surface area contributed by atoms with E-state index in [0.29, 0.717) is 6.54 Å². The molecule has 1 aliphatic heterocycles. The Morgan fingerprint density at radius 1 is 1.43 bits per heavy atom. The Labute approximate surface area is 83.9 Å². The highest BCUT2D eigenvalue weighted by Crippen LogP contribution is 2.34. The van der Waals surface area contributed by atoms with Crippen LogP contribution in [0.5, 0.6) is 0 Å². The van der Waals surface area contributed by atoms with E-state index < -0.39 is 12.0 Å². The van der Waals surface area contributed by atoms with Crippen molar-refractivity contribution in [2.75, 3.05) is 13.2 Å². The van der Waals surface area contributed by atoms with Crippen LogP contribution in [0, 0.1) is 0 Å². The van der Waals surface area contributed by atoms with E-state index in [0.717, 1.165) is 0 Å². The van der Waals surface area contributed by atoms with Gasteiger partial charge in [-0.2, -0.15) is 0 Å². The number of halogens is 2. The van der Waals surface area contributed by atoms with Gasteiger partial charge in [-0.3, -0.25) is 4.90 Å². The van der Waals surface area contributed by atoms with Crippen LogP contribution in [0.4, 0.5) is 8.78 Å². The van der Waals surface area contributed by atoms with Crippen molar-refractivity contribution in [1.82, 2.24) is 4.90 Å². The molecule has 1 atom stereocenters. The van der Waals surface area contributed by atoms with Crippen LogP contribution in [0.15, 0.2) is 0 Å². The standard InChI is InChI=1S/C10H19F2NO/c1-9(2,3)13-5-4-10(11,12)6-8(13)7-14/h8,14H,4-7H2,1-3H3. The monoisotopic (exact) mass is 207 g/mol. The Kier molecular flexibility index (Phi) is 3.17. The van der Waals surface area contributed by atoms with Crippen LogP contribution in [0.3, 0.4) is 0 Å². The molecule has 1 aliphatic rings. The summed E-state index contributed by atoms with van der Waals surface area (Å²) >= 11 is 0. The molecule has 84 valence electrons. The first kappa shape index (κ1) is 11.9. The first-order valence-electron chi connectivity index (χ1n) is 5.02. The minimum absolute atomic E-state index is 0.0965. The third-order valence-electron chi connectivity index (χ3n) is 2.77. The molecule has 4 heteroatoms. The second kappa shape index (κ2) is 3.74. The Balaban J connectivity index is 2.72. The summed E-state index contributed by atoms with van der Waals surface area (Å²) in [6, 6.07) is -0.404. The number of hydrogen-bond donors (Lipinski definition) is 1. The third kappa shape index (κ3) is 2.64. The van der Waals surface area contributed by atoms with Crippen molar-refractivity contribution >= 4 is 0 Å². The van der Waals surface area contributed by atoms with Crippen molar-refractivity contribution in [3.05, 3.63) is 0 Å². The van der Waals surface area contributed by atoms with Crippen LogP contribution < -0.4 is 0 Å². The van der Waals surface area contributed by atoms with Gasteiger partial charge in [0, 0.05) is 31.0 Å². The summed E-state index contributed by atoms with van der Waals surface area (Å²) < 4.78 is 26.1. The largest absolute Gasteiger partial charge is 0.395 e. The number of aliphatic hydroxyl groups is 1. The zero-order valence-corrected chi connectivity index (χ0v) is 9.06. The van der Waals surface area contributed by atoms with Crippen molar-refractivity contribution in [2.45, 2.75) is 51.1 Å². The lowest BCUT2D eigenvalue weighted by atomic mass is 9.93. The van der Waals surface area contributed by atoms with Crippen LogP contribution in [-0.4, -0.2) is 40.7 Å². The van der Waals surface area contributed by atoms with Crippen LogP contribution in [0.2, 0.25) is 0 Å². The molecule has 1 saturated heterocycles. The number of hydrogen-bond acceptors (Lipinski definition) is 2. The highest BCUT2D eigenvalue weighted by atomic mass is 19.3. The van der Waals surface area contributed by atoms with Gasteiger partial charge in [-0.15, -0.1) is 0 Å². The molecule has 0 aromatic heterocycles. The Morgan fingerprint density at radius 2 is 2.00 bits per heavy atom. The summed E-state index contributed by atoms with van der Waals surface area (Å²) in [6.07, 6.45) is -0.318. The van der Waals surface area contributed by atoms with E-state index in [1.54, 1.807) is 0 Å². The molecule has 0 spiro atoms. The quantitative estimate of drug-likeness (QED) is 0.709. The Bertz CT molecular complexity index is 201. The van der Waals surface area contributed by atoms with Crippen LogP contribution >= 0.6 is 0 Å². The smallest absolute Gasteiger partial charge is 0.250 e. The average Bonchev–Trinajstić information content (AvgIpc) is 2.00. The normalized spacial score (nSPS) is 29.1. The first-order chi connectivity index (χ1) is 6.26. The summed E-state index contributed by atoms with van der Waals surface area (Å²) in [6.45, 7) is 6.13. The van der Waals surface area contributed by atoms with Gasteiger partial charge in [0.25, 0.3) is 5.92 Å². The van der Waals surface area contributed by atoms with Crippen molar-refractivity contribution in [2.24, 2.45) is 0 Å². The minimum atomic E-state index is -2.60. The number of piperidine rings is 1. The lowest BCUT2D eigenvalue weighted by Gasteiger charge is -2.46. The van der Waals surface area contributed by atoms with E-state index in [2.05, 4.69) is 0 Å². The highest BCUT2D eigenvalue weighted by molar-refractivity contribution is 4.91. The molecule has 0 bridgehead atoms. The predicted molar refractivity (Wildman–Crippen MR) is 51.5 cm³/mol. The van der Waals surface area contributed by atoms with Crippen molar-refractivity contribution in [1.29, 1.82) is 0 Å². The number of nitrogens with zero attached hydrogens (tertiary/aromatic N) is 1. The first-order valence-corrected chi connectivity index (χ1v) is 5.02. The molecule has 1 heterocycles. The molecule has 0 aliphatic carbocycles. The average molecular weight is 207 g/mol. The molecule has 2 nitrogen and oxygen atoms in total. The van der Waals surface area contributed by atoms with Gasteiger partial charge in [-0.05, 0) is 20.8 Å². The molecule has 0 radical (unpaired) electrons. The second-order valence-corrected chi connectivity index (χ2v) is 5.01. The van der Waals surface area contributed by atoms with E-state index >= 15 is 0 Å². The van der Waals surface area contributed by atoms with Gasteiger partial charge in [0.05, 0.1) is 6.61 Å². The zero-order chi connectivity index (χ0) is 11.0. The summed E-state index contributed by atoms with van der Waals surface area (Å²) in [5, 5.41) is 9.08. The molecule has 1 N–H and O–H groups in total. The fraction of sp³-hybridized carbons (Fsp3) is 1.00. The van der Waals surface area contributed by atoms with Crippen LogP contribution in [0.25, 0.3) is 0 Å². The summed E-state index contributed by atoms with van der Waals surface area (Å²) in [5.41, 5.74) is -0.149. The number of aliphatic hydroxyl groups excluding tert-OH is 1. The summed E-state index contributed by atoms with van der Waals surface area (Å²) in [4.78, 5) is 1.96. The molecule has 1 rings (SSSR count). The van der Waals surface area contributed by atoms with E-state index in [9.17, 15) is 8.78 Å². The summed E-state index contributed by atoms with van der Waals surface area (Å²) in [5.74, 6) is -2.60. The lowest BCUT2D eigenvalue weighted by Crippen LogP contribution is -2.56. The maximum Gasteiger partial charge on any atom is 0.250 e. The van der Waals surface area contributed by atoms with Crippen molar-refractivity contribution in [3.63, 3.8) is 0 Å². The molecule has 0 aromatic carbocycles. The summed E-state index contributed by atoms with van der Waals surface area (Å²) in [7, 11) is 0. The van der Waals surface area contributed by atoms with Crippen molar-refractivity contribution < 1.29 is 13.9 Å². The zero-order valence-electron chi connectivity index (χ0n) is 9.06. The fourth-order valence-electron chi connectivity index (χ4n) is 2.07. The Hall–Kier alpha value is -0.220. The van der Waals surface area contributed by atoms with Crippen LogP contribution in [0.1, 0.15) is 33.6 Å². The minimum Gasteiger partial charge on any atom is -0.395 e. The van der Waals surface area contributed by atoms with E-state index in [4.69, 9.17) is 5.11 Å². The van der Waals surface area contributed by atoms with E-state index in [1.165, 1.54) is 0 Å². The number of alkyl halides is 2. The van der Waals surface area contributed by atoms with E-state index in [-0.39, 0.29) is 25.0 Å². The lowest BCUT2D eigenvalue weighted by molar-refractivity contribution is -0.108. The molecular formula is C10H19F2NO. The molecule has 0 aromatic rings. The van der Waals surface area contributed by atoms with Gasteiger partial charge in [0.15, 0.2) is 0 Å². The topological polar surface area (TPSA) is 23.5 Å². The second-order valence-electron chi connectivity index (χ2n) is 5.01. The molecule has 0 amide bonds. The Morgan fingerprint density at radius 3 is 2.43 bits per heavy atom. The molecule has 14 heavy (non-hydrogen) atoms. The van der Waals surface area contributed by atoms with Gasteiger partial charge in [-0.1, -0.05) is 0 Å². The van der Waals surface area contributed by atoms with Crippen molar-refractivity contribution in [3.8, 4) is 0 Å².